The molecule has 0 saturated carbocycles. The maximum Gasteiger partial charge on any atom is 0.283 e. The van der Waals surface area contributed by atoms with Gasteiger partial charge >= 0.3 is 0 Å². The number of carbonyl (C=O) groups is 1. The van der Waals surface area contributed by atoms with Gasteiger partial charge in [-0.1, -0.05) is 13.8 Å². The van der Waals surface area contributed by atoms with Crippen LogP contribution in [0.5, 0.6) is 0 Å². The van der Waals surface area contributed by atoms with Crippen molar-refractivity contribution in [3.63, 3.8) is 0 Å². The van der Waals surface area contributed by atoms with Crippen molar-refractivity contribution in [2.75, 3.05) is 11.9 Å². The zero-order chi connectivity index (χ0) is 14.6. The van der Waals surface area contributed by atoms with E-state index in [1.54, 1.807) is 0 Å². The summed E-state index contributed by atoms with van der Waals surface area (Å²) in [6.07, 6.45) is 0. The number of carbonyl (C=O) groups excluding carboxylic acids is 1. The van der Waals surface area contributed by atoms with Crippen molar-refractivity contribution in [3.8, 4) is 0 Å². The molecule has 1 aromatic rings. The summed E-state index contributed by atoms with van der Waals surface area (Å²) < 4.78 is 0.323. The summed E-state index contributed by atoms with van der Waals surface area (Å²) in [5, 5.41) is 13.4. The van der Waals surface area contributed by atoms with Crippen LogP contribution in [0.2, 0.25) is 0 Å². The minimum atomic E-state index is -0.494. The zero-order valence-electron chi connectivity index (χ0n) is 10.7. The topological polar surface area (TPSA) is 98.3 Å². The van der Waals surface area contributed by atoms with Crippen LogP contribution < -0.4 is 11.1 Å². The molecule has 0 spiro atoms. The molecule has 0 aliphatic heterocycles. The molecule has 104 valence electrons. The maximum absolute atomic E-state index is 12.0. The summed E-state index contributed by atoms with van der Waals surface area (Å²) in [6.45, 7) is 4.10. The van der Waals surface area contributed by atoms with Gasteiger partial charge in [0, 0.05) is 18.3 Å². The molecule has 1 atom stereocenters. The maximum atomic E-state index is 12.0. The zero-order valence-corrected chi connectivity index (χ0v) is 12.3. The molecule has 19 heavy (non-hydrogen) atoms. The van der Waals surface area contributed by atoms with Crippen molar-refractivity contribution in [2.45, 2.75) is 13.8 Å². The number of amides is 1. The summed E-state index contributed by atoms with van der Waals surface area (Å²) >= 11 is 3.10. The van der Waals surface area contributed by atoms with E-state index in [-0.39, 0.29) is 30.0 Å². The molecule has 0 aliphatic rings. The molecule has 0 saturated heterocycles. The highest BCUT2D eigenvalue weighted by molar-refractivity contribution is 9.10. The Bertz CT molecular complexity index is 491. The molecule has 3 N–H and O–H groups in total. The predicted octanol–water partition coefficient (Wildman–Crippen LogP) is 2.53. The van der Waals surface area contributed by atoms with Crippen LogP contribution in [-0.4, -0.2) is 17.4 Å². The Morgan fingerprint density at radius 3 is 2.58 bits per heavy atom. The average Bonchev–Trinajstić information content (AvgIpc) is 2.28. The van der Waals surface area contributed by atoms with Crippen LogP contribution in [0.3, 0.4) is 0 Å². The summed E-state index contributed by atoms with van der Waals surface area (Å²) in [4.78, 5) is 22.2. The third-order valence-corrected chi connectivity index (χ3v) is 3.44. The molecular weight excluding hydrogens is 314 g/mol. The minimum absolute atomic E-state index is 0.0442. The molecule has 0 bridgehead atoms. The van der Waals surface area contributed by atoms with Gasteiger partial charge in [-0.25, -0.2) is 0 Å². The van der Waals surface area contributed by atoms with Gasteiger partial charge in [0.25, 0.3) is 5.69 Å². The van der Waals surface area contributed by atoms with Gasteiger partial charge in [-0.15, -0.1) is 0 Å². The largest absolute Gasteiger partial charge is 0.330 e. The Labute approximate surface area is 119 Å². The number of halogens is 1. The first-order valence-electron chi connectivity index (χ1n) is 5.81. The number of nitrogens with one attached hydrogen (secondary N) is 1. The number of nitrogens with zero attached hydrogens (tertiary/aromatic N) is 1. The number of nitrogens with two attached hydrogens (primary N) is 1. The Morgan fingerprint density at radius 2 is 2.16 bits per heavy atom. The highest BCUT2D eigenvalue weighted by Gasteiger charge is 2.21. The van der Waals surface area contributed by atoms with Crippen molar-refractivity contribution >= 4 is 33.2 Å². The van der Waals surface area contributed by atoms with Gasteiger partial charge in [-0.2, -0.15) is 0 Å². The SMILES string of the molecule is CC(C)C(CN)C(=O)Nc1ccc([N+](=O)[O-])c(Br)c1. The summed E-state index contributed by atoms with van der Waals surface area (Å²) in [7, 11) is 0. The number of anilines is 1. The van der Waals surface area contributed by atoms with E-state index < -0.39 is 4.92 Å². The number of nitro benzene ring substituents is 1. The Balaban J connectivity index is 2.86. The Kier molecular flexibility index (Phi) is 5.44. The van der Waals surface area contributed by atoms with Gasteiger partial charge < -0.3 is 11.1 Å². The molecule has 0 heterocycles. The lowest BCUT2D eigenvalue weighted by molar-refractivity contribution is -0.385. The van der Waals surface area contributed by atoms with Gasteiger partial charge in [0.05, 0.1) is 15.3 Å². The molecule has 0 fully saturated rings. The second kappa shape index (κ2) is 6.63. The molecule has 7 heteroatoms. The molecule has 1 rings (SSSR count). The first-order chi connectivity index (χ1) is 8.86. The van der Waals surface area contributed by atoms with Crippen molar-refractivity contribution in [3.05, 3.63) is 32.8 Å². The average molecular weight is 330 g/mol. The summed E-state index contributed by atoms with van der Waals surface area (Å²) in [5.74, 6) is -0.335. The van der Waals surface area contributed by atoms with Gasteiger partial charge in [-0.05, 0) is 34.0 Å². The minimum Gasteiger partial charge on any atom is -0.330 e. The number of benzene rings is 1. The highest BCUT2D eigenvalue weighted by Crippen LogP contribution is 2.28. The molecule has 6 nitrogen and oxygen atoms in total. The quantitative estimate of drug-likeness (QED) is 0.640. The number of nitro groups is 1. The third-order valence-electron chi connectivity index (χ3n) is 2.81. The fourth-order valence-electron chi connectivity index (χ4n) is 1.65. The van der Waals surface area contributed by atoms with Crippen LogP contribution in [0.1, 0.15) is 13.8 Å². The normalized spacial score (nSPS) is 12.3. The fourth-order valence-corrected chi connectivity index (χ4v) is 2.17. The summed E-state index contributed by atoms with van der Waals surface area (Å²) in [6, 6.07) is 4.34. The Morgan fingerprint density at radius 1 is 1.53 bits per heavy atom. The van der Waals surface area contributed by atoms with E-state index in [1.165, 1.54) is 18.2 Å². The van der Waals surface area contributed by atoms with Crippen molar-refractivity contribution in [1.82, 2.24) is 0 Å². The van der Waals surface area contributed by atoms with E-state index in [4.69, 9.17) is 5.73 Å². The van der Waals surface area contributed by atoms with E-state index in [2.05, 4.69) is 21.2 Å². The lowest BCUT2D eigenvalue weighted by Gasteiger charge is -2.18. The number of hydrogen-bond donors (Lipinski definition) is 2. The molecule has 1 unspecified atom stereocenters. The smallest absolute Gasteiger partial charge is 0.283 e. The van der Waals surface area contributed by atoms with Crippen molar-refractivity contribution in [1.29, 1.82) is 0 Å². The second-order valence-corrected chi connectivity index (χ2v) is 5.35. The van der Waals surface area contributed by atoms with Crippen LogP contribution in [-0.2, 0) is 4.79 Å². The highest BCUT2D eigenvalue weighted by atomic mass is 79.9. The predicted molar refractivity (Wildman–Crippen MR) is 76.8 cm³/mol. The number of rotatable bonds is 5. The second-order valence-electron chi connectivity index (χ2n) is 4.50. The third kappa shape index (κ3) is 4.00. The molecule has 0 radical (unpaired) electrons. The van der Waals surface area contributed by atoms with Gasteiger partial charge in [0.1, 0.15) is 0 Å². The molecule has 1 aromatic carbocycles. The Hall–Kier alpha value is -1.47. The van der Waals surface area contributed by atoms with E-state index >= 15 is 0 Å². The molecular formula is C12H16BrN3O3. The van der Waals surface area contributed by atoms with Gasteiger partial charge in [0.2, 0.25) is 5.91 Å². The standard InChI is InChI=1S/C12H16BrN3O3/c1-7(2)9(6-14)12(17)15-8-3-4-11(16(18)19)10(13)5-8/h3-5,7,9H,6,14H2,1-2H3,(H,15,17). The lowest BCUT2D eigenvalue weighted by atomic mass is 9.95. The number of hydrogen-bond acceptors (Lipinski definition) is 4. The van der Waals surface area contributed by atoms with E-state index in [9.17, 15) is 14.9 Å². The monoisotopic (exact) mass is 329 g/mol. The first kappa shape index (κ1) is 15.6. The van der Waals surface area contributed by atoms with E-state index in [1.807, 2.05) is 13.8 Å². The van der Waals surface area contributed by atoms with E-state index in [0.29, 0.717) is 10.2 Å². The van der Waals surface area contributed by atoms with Gasteiger partial charge in [0.15, 0.2) is 0 Å². The molecule has 0 aliphatic carbocycles. The van der Waals surface area contributed by atoms with Crippen LogP contribution in [0.25, 0.3) is 0 Å². The molecule has 1 amide bonds. The van der Waals surface area contributed by atoms with Crippen molar-refractivity contribution in [2.24, 2.45) is 17.6 Å². The van der Waals surface area contributed by atoms with Crippen LogP contribution in [0.4, 0.5) is 11.4 Å². The fraction of sp³-hybridized carbons (Fsp3) is 0.417. The van der Waals surface area contributed by atoms with E-state index in [0.717, 1.165) is 0 Å². The van der Waals surface area contributed by atoms with Crippen LogP contribution >= 0.6 is 15.9 Å². The van der Waals surface area contributed by atoms with Gasteiger partial charge in [-0.3, -0.25) is 14.9 Å². The van der Waals surface area contributed by atoms with Crippen molar-refractivity contribution < 1.29 is 9.72 Å². The van der Waals surface area contributed by atoms with Crippen LogP contribution in [0, 0.1) is 22.0 Å². The first-order valence-corrected chi connectivity index (χ1v) is 6.61. The summed E-state index contributed by atoms with van der Waals surface area (Å²) in [5.41, 5.74) is 6.02. The lowest BCUT2D eigenvalue weighted by Crippen LogP contribution is -2.33. The van der Waals surface area contributed by atoms with Crippen LogP contribution in [0.15, 0.2) is 22.7 Å². The molecule has 0 aromatic heterocycles.